The molecule has 5 nitrogen and oxygen atoms in total. The highest BCUT2D eigenvalue weighted by atomic mass is 16.6. The number of nitro groups is 1. The van der Waals surface area contributed by atoms with Crippen molar-refractivity contribution in [2.75, 3.05) is 0 Å². The number of nitrogens with zero attached hydrogens (tertiary/aromatic N) is 2. The van der Waals surface area contributed by atoms with Crippen LogP contribution in [0.4, 0.5) is 5.69 Å². The predicted molar refractivity (Wildman–Crippen MR) is 63.8 cm³/mol. The van der Waals surface area contributed by atoms with E-state index < -0.39 is 4.92 Å². The topological polar surface area (TPSA) is 73.1 Å². The Morgan fingerprint density at radius 2 is 2.12 bits per heavy atom. The van der Waals surface area contributed by atoms with Gasteiger partial charge < -0.3 is 0 Å². The van der Waals surface area contributed by atoms with Gasteiger partial charge in [-0.15, -0.1) is 0 Å². The van der Waals surface area contributed by atoms with Crippen LogP contribution in [-0.2, 0) is 11.2 Å². The number of ketones is 1. The normalized spacial score (nSPS) is 10.6. The molecule has 1 rings (SSSR count). The fraction of sp³-hybridized carbons (Fsp3) is 0.500. The monoisotopic (exact) mass is 236 g/mol. The van der Waals surface area contributed by atoms with Crippen LogP contribution < -0.4 is 0 Å². The van der Waals surface area contributed by atoms with E-state index in [-0.39, 0.29) is 29.5 Å². The van der Waals surface area contributed by atoms with Gasteiger partial charge in [0.2, 0.25) is 0 Å². The number of hydrogen-bond acceptors (Lipinski definition) is 4. The summed E-state index contributed by atoms with van der Waals surface area (Å²) in [5.74, 6) is 0.243. The average Bonchev–Trinajstić information content (AvgIpc) is 2.15. The first-order chi connectivity index (χ1) is 7.90. The molecule has 1 heterocycles. The first kappa shape index (κ1) is 13.3. The summed E-state index contributed by atoms with van der Waals surface area (Å²) in [6, 6.07) is 2.98. The summed E-state index contributed by atoms with van der Waals surface area (Å²) >= 11 is 0. The number of Topliss-reactive ketones (excluding diaryl/α,β-unsaturated/α-hetero) is 1. The molecule has 92 valence electrons. The van der Waals surface area contributed by atoms with E-state index in [1.165, 1.54) is 6.07 Å². The Kier molecular flexibility index (Phi) is 4.31. The molecule has 0 aliphatic heterocycles. The minimum atomic E-state index is -0.496. The summed E-state index contributed by atoms with van der Waals surface area (Å²) in [5, 5.41) is 10.8. The first-order valence-electron chi connectivity index (χ1n) is 5.52. The van der Waals surface area contributed by atoms with E-state index in [0.717, 1.165) is 0 Å². The molecule has 1 aromatic heterocycles. The van der Waals surface area contributed by atoms with Gasteiger partial charge in [-0.3, -0.25) is 19.9 Å². The molecule has 0 unspecified atom stereocenters. The van der Waals surface area contributed by atoms with E-state index in [9.17, 15) is 14.9 Å². The van der Waals surface area contributed by atoms with Crippen LogP contribution in [0.25, 0.3) is 0 Å². The third-order valence-electron chi connectivity index (χ3n) is 2.29. The largest absolute Gasteiger partial charge is 0.299 e. The van der Waals surface area contributed by atoms with Crippen LogP contribution >= 0.6 is 0 Å². The molecule has 0 saturated carbocycles. The third-order valence-corrected chi connectivity index (χ3v) is 2.29. The molecule has 0 amide bonds. The minimum absolute atomic E-state index is 0.0128. The fourth-order valence-electron chi connectivity index (χ4n) is 1.61. The average molecular weight is 236 g/mol. The minimum Gasteiger partial charge on any atom is -0.299 e. The zero-order chi connectivity index (χ0) is 13.0. The van der Waals surface area contributed by atoms with Crippen LogP contribution in [-0.4, -0.2) is 15.7 Å². The number of aryl methyl sites for hydroxylation is 1. The Morgan fingerprint density at radius 1 is 1.47 bits per heavy atom. The van der Waals surface area contributed by atoms with E-state index in [1.807, 2.05) is 13.8 Å². The summed E-state index contributed by atoms with van der Waals surface area (Å²) < 4.78 is 0. The molecule has 0 saturated heterocycles. The fourth-order valence-corrected chi connectivity index (χ4v) is 1.61. The SMILES string of the molecule is Cc1ccc([N+](=O)[O-])c(CC(=O)CC(C)C)n1. The quantitative estimate of drug-likeness (QED) is 0.581. The van der Waals surface area contributed by atoms with Gasteiger partial charge in [0.15, 0.2) is 0 Å². The number of rotatable bonds is 5. The van der Waals surface area contributed by atoms with Gasteiger partial charge in [-0.1, -0.05) is 13.8 Å². The lowest BCUT2D eigenvalue weighted by Crippen LogP contribution is -2.10. The lowest BCUT2D eigenvalue weighted by molar-refractivity contribution is -0.385. The smallest absolute Gasteiger partial charge is 0.291 e. The molecule has 17 heavy (non-hydrogen) atoms. The van der Waals surface area contributed by atoms with Gasteiger partial charge in [-0.2, -0.15) is 0 Å². The van der Waals surface area contributed by atoms with Crippen molar-refractivity contribution < 1.29 is 9.72 Å². The van der Waals surface area contributed by atoms with Crippen molar-refractivity contribution in [3.05, 3.63) is 33.6 Å². The van der Waals surface area contributed by atoms with Crippen LogP contribution in [0.3, 0.4) is 0 Å². The van der Waals surface area contributed by atoms with Gasteiger partial charge in [-0.05, 0) is 18.9 Å². The van der Waals surface area contributed by atoms with Crippen LogP contribution in [0.5, 0.6) is 0 Å². The van der Waals surface area contributed by atoms with Crippen molar-refractivity contribution in [3.8, 4) is 0 Å². The number of carbonyl (C=O) groups excluding carboxylic acids is 1. The number of carbonyl (C=O) groups is 1. The molecular formula is C12H16N2O3. The summed E-state index contributed by atoms with van der Waals surface area (Å²) in [4.78, 5) is 26.0. The second-order valence-electron chi connectivity index (χ2n) is 4.49. The van der Waals surface area contributed by atoms with Crippen LogP contribution in [0.15, 0.2) is 12.1 Å². The standard InChI is InChI=1S/C12H16N2O3/c1-8(2)6-10(15)7-11-12(14(16)17)5-4-9(3)13-11/h4-5,8H,6-7H2,1-3H3. The Bertz CT molecular complexity index is 441. The van der Waals surface area contributed by atoms with Gasteiger partial charge in [0.05, 0.1) is 11.3 Å². The summed E-state index contributed by atoms with van der Waals surface area (Å²) in [6.45, 7) is 5.63. The zero-order valence-corrected chi connectivity index (χ0v) is 10.3. The number of pyridine rings is 1. The van der Waals surface area contributed by atoms with Crippen molar-refractivity contribution >= 4 is 11.5 Å². The van der Waals surface area contributed by atoms with Gasteiger partial charge in [0, 0.05) is 18.2 Å². The molecule has 1 aromatic rings. The molecule has 0 fully saturated rings. The molecule has 0 N–H and O–H groups in total. The second-order valence-corrected chi connectivity index (χ2v) is 4.49. The van der Waals surface area contributed by atoms with E-state index in [0.29, 0.717) is 12.1 Å². The zero-order valence-electron chi connectivity index (χ0n) is 10.3. The molecule has 5 heteroatoms. The van der Waals surface area contributed by atoms with Gasteiger partial charge in [0.1, 0.15) is 11.5 Å². The molecule has 0 spiro atoms. The number of hydrogen-bond donors (Lipinski definition) is 0. The van der Waals surface area contributed by atoms with E-state index in [4.69, 9.17) is 0 Å². The van der Waals surface area contributed by atoms with Crippen molar-refractivity contribution in [1.82, 2.24) is 4.98 Å². The summed E-state index contributed by atoms with van der Waals surface area (Å²) in [7, 11) is 0. The van der Waals surface area contributed by atoms with Crippen LogP contribution in [0.2, 0.25) is 0 Å². The molecule has 0 aliphatic rings. The lowest BCUT2D eigenvalue weighted by Gasteiger charge is -2.05. The highest BCUT2D eigenvalue weighted by Gasteiger charge is 2.18. The van der Waals surface area contributed by atoms with Crippen molar-refractivity contribution in [2.45, 2.75) is 33.6 Å². The molecule has 0 aliphatic carbocycles. The van der Waals surface area contributed by atoms with Crippen molar-refractivity contribution in [3.63, 3.8) is 0 Å². The molecule has 0 bridgehead atoms. The van der Waals surface area contributed by atoms with Gasteiger partial charge in [0.25, 0.3) is 5.69 Å². The van der Waals surface area contributed by atoms with Crippen molar-refractivity contribution in [2.24, 2.45) is 5.92 Å². The highest BCUT2D eigenvalue weighted by Crippen LogP contribution is 2.18. The van der Waals surface area contributed by atoms with E-state index in [1.54, 1.807) is 13.0 Å². The number of aromatic nitrogens is 1. The van der Waals surface area contributed by atoms with Crippen LogP contribution in [0.1, 0.15) is 31.7 Å². The van der Waals surface area contributed by atoms with E-state index in [2.05, 4.69) is 4.98 Å². The third kappa shape index (κ3) is 3.94. The van der Waals surface area contributed by atoms with Gasteiger partial charge in [-0.25, -0.2) is 0 Å². The second kappa shape index (κ2) is 5.52. The maximum Gasteiger partial charge on any atom is 0.291 e. The predicted octanol–water partition coefficient (Wildman–Crippen LogP) is 2.46. The molecule has 0 aromatic carbocycles. The maximum absolute atomic E-state index is 11.6. The Balaban J connectivity index is 2.92. The molecule has 0 radical (unpaired) electrons. The summed E-state index contributed by atoms with van der Waals surface area (Å²) in [5.41, 5.74) is 0.872. The lowest BCUT2D eigenvalue weighted by atomic mass is 10.0. The molecule has 0 atom stereocenters. The van der Waals surface area contributed by atoms with Crippen molar-refractivity contribution in [1.29, 1.82) is 0 Å². The Hall–Kier alpha value is -1.78. The van der Waals surface area contributed by atoms with E-state index >= 15 is 0 Å². The Labute approximate surface area is 100 Å². The van der Waals surface area contributed by atoms with Crippen LogP contribution in [0, 0.1) is 23.0 Å². The maximum atomic E-state index is 11.6. The highest BCUT2D eigenvalue weighted by molar-refractivity contribution is 5.81. The van der Waals surface area contributed by atoms with Gasteiger partial charge >= 0.3 is 0 Å². The Morgan fingerprint density at radius 3 is 2.65 bits per heavy atom. The molecular weight excluding hydrogens is 220 g/mol. The summed E-state index contributed by atoms with van der Waals surface area (Å²) in [6.07, 6.45) is 0.461. The first-order valence-corrected chi connectivity index (χ1v) is 5.52.